The van der Waals surface area contributed by atoms with Gasteiger partial charge in [0, 0.05) is 16.3 Å². The SMILES string of the molecule is CC1=C(C(=O)OC(C)C)C(c2ccccc2Cl)c2c(nc(=S)[nH]c2N)N1. The van der Waals surface area contributed by atoms with Crippen molar-refractivity contribution in [2.75, 3.05) is 11.1 Å². The second-order valence-corrected chi connectivity index (χ2v) is 7.08. The van der Waals surface area contributed by atoms with Crippen LogP contribution in [0.1, 0.15) is 37.8 Å². The molecule has 1 atom stereocenters. The van der Waals surface area contributed by atoms with Gasteiger partial charge in [0.25, 0.3) is 0 Å². The molecule has 0 aliphatic carbocycles. The molecule has 1 aromatic heterocycles. The number of H-pyrrole nitrogens is 1. The number of hydrogen-bond donors (Lipinski definition) is 3. The number of rotatable bonds is 3. The Morgan fingerprint density at radius 3 is 2.73 bits per heavy atom. The van der Waals surface area contributed by atoms with Crippen LogP contribution in [0.25, 0.3) is 0 Å². The molecule has 2 heterocycles. The highest BCUT2D eigenvalue weighted by molar-refractivity contribution is 7.71. The van der Waals surface area contributed by atoms with Crippen molar-refractivity contribution < 1.29 is 9.53 Å². The molecule has 1 unspecified atom stereocenters. The van der Waals surface area contributed by atoms with Gasteiger partial charge in [-0.3, -0.25) is 0 Å². The van der Waals surface area contributed by atoms with Crippen molar-refractivity contribution in [2.24, 2.45) is 0 Å². The number of allylic oxidation sites excluding steroid dienone is 1. The van der Waals surface area contributed by atoms with E-state index in [1.54, 1.807) is 26.8 Å². The fourth-order valence-corrected chi connectivity index (χ4v) is 3.51. The van der Waals surface area contributed by atoms with Crippen LogP contribution in [0.15, 0.2) is 35.5 Å². The second kappa shape index (κ2) is 7.09. The number of nitrogens with one attached hydrogen (secondary N) is 2. The van der Waals surface area contributed by atoms with Gasteiger partial charge in [0.15, 0.2) is 4.77 Å². The average molecular weight is 391 g/mol. The fourth-order valence-electron chi connectivity index (χ4n) is 3.06. The maximum absolute atomic E-state index is 12.8. The van der Waals surface area contributed by atoms with Crippen LogP contribution in [0.2, 0.25) is 5.02 Å². The normalized spacial score (nSPS) is 16.3. The number of nitrogens with zero attached hydrogens (tertiary/aromatic N) is 1. The minimum atomic E-state index is -0.523. The van der Waals surface area contributed by atoms with E-state index in [0.29, 0.717) is 33.5 Å². The molecule has 6 nitrogen and oxygen atoms in total. The molecule has 0 radical (unpaired) electrons. The molecule has 0 bridgehead atoms. The van der Waals surface area contributed by atoms with Crippen molar-refractivity contribution in [2.45, 2.75) is 32.8 Å². The Labute approximate surface area is 161 Å². The molecule has 1 aliphatic rings. The highest BCUT2D eigenvalue weighted by atomic mass is 35.5. The number of carbonyl (C=O) groups excluding carboxylic acids is 1. The molecular formula is C18H19ClN4O2S. The summed E-state index contributed by atoms with van der Waals surface area (Å²) in [5.41, 5.74) is 8.64. The molecule has 0 saturated carbocycles. The molecule has 136 valence electrons. The lowest BCUT2D eigenvalue weighted by Gasteiger charge is -2.30. The number of carbonyl (C=O) groups is 1. The fraction of sp³-hybridized carbons (Fsp3) is 0.278. The van der Waals surface area contributed by atoms with Crippen molar-refractivity contribution in [3.05, 3.63) is 56.5 Å². The van der Waals surface area contributed by atoms with Crippen LogP contribution in [0, 0.1) is 4.77 Å². The third-order valence-electron chi connectivity index (χ3n) is 4.07. The van der Waals surface area contributed by atoms with E-state index in [1.165, 1.54) is 0 Å². The van der Waals surface area contributed by atoms with Gasteiger partial charge in [-0.25, -0.2) is 9.78 Å². The highest BCUT2D eigenvalue weighted by Gasteiger charge is 2.37. The Morgan fingerprint density at radius 2 is 2.08 bits per heavy atom. The summed E-state index contributed by atoms with van der Waals surface area (Å²) >= 11 is 11.6. The van der Waals surface area contributed by atoms with Gasteiger partial charge >= 0.3 is 5.97 Å². The second-order valence-electron chi connectivity index (χ2n) is 6.29. The minimum Gasteiger partial charge on any atom is -0.460 e. The number of aromatic nitrogens is 2. The van der Waals surface area contributed by atoms with Crippen molar-refractivity contribution in [3.8, 4) is 0 Å². The number of nitrogen functional groups attached to an aromatic ring is 1. The summed E-state index contributed by atoms with van der Waals surface area (Å²) in [4.78, 5) is 20.0. The third kappa shape index (κ3) is 3.32. The molecule has 1 aliphatic heterocycles. The van der Waals surface area contributed by atoms with Gasteiger partial charge in [-0.15, -0.1) is 0 Å². The van der Waals surface area contributed by atoms with Crippen LogP contribution in [0.5, 0.6) is 0 Å². The standard InChI is InChI=1S/C18H19ClN4O2S/c1-8(2)25-17(24)12-9(3)21-16-14(15(20)22-18(26)23-16)13(12)10-6-4-5-7-11(10)19/h4-8,13H,1-3H3,(H4,20,21,22,23,26). The lowest BCUT2D eigenvalue weighted by Crippen LogP contribution is -2.27. The molecule has 3 rings (SSSR count). The third-order valence-corrected chi connectivity index (χ3v) is 4.60. The van der Waals surface area contributed by atoms with Gasteiger partial charge in [0.2, 0.25) is 0 Å². The molecule has 2 aromatic rings. The first-order chi connectivity index (χ1) is 12.3. The largest absolute Gasteiger partial charge is 0.460 e. The minimum absolute atomic E-state index is 0.256. The van der Waals surface area contributed by atoms with Crippen LogP contribution < -0.4 is 11.1 Å². The van der Waals surface area contributed by atoms with Crippen molar-refractivity contribution in [1.29, 1.82) is 0 Å². The van der Waals surface area contributed by atoms with E-state index in [0.717, 1.165) is 5.56 Å². The Hall–Kier alpha value is -2.38. The number of fused-ring (bicyclic) bond motifs is 1. The van der Waals surface area contributed by atoms with Crippen LogP contribution in [-0.4, -0.2) is 22.0 Å². The Morgan fingerprint density at radius 1 is 1.38 bits per heavy atom. The first kappa shape index (κ1) is 18.4. The lowest BCUT2D eigenvalue weighted by molar-refractivity contribution is -0.142. The van der Waals surface area contributed by atoms with Crippen molar-refractivity contribution in [1.82, 2.24) is 9.97 Å². The monoisotopic (exact) mass is 390 g/mol. The van der Waals surface area contributed by atoms with Crippen molar-refractivity contribution in [3.63, 3.8) is 0 Å². The van der Waals surface area contributed by atoms with E-state index in [2.05, 4.69) is 15.3 Å². The topological polar surface area (TPSA) is 93.0 Å². The summed E-state index contributed by atoms with van der Waals surface area (Å²) in [6.07, 6.45) is -0.256. The molecule has 0 saturated heterocycles. The molecule has 26 heavy (non-hydrogen) atoms. The summed E-state index contributed by atoms with van der Waals surface area (Å²) in [6, 6.07) is 7.32. The molecule has 0 fully saturated rings. The number of aromatic amines is 1. The van der Waals surface area contributed by atoms with Crippen LogP contribution in [0.4, 0.5) is 11.6 Å². The molecule has 0 amide bonds. The Balaban J connectivity index is 2.28. The summed E-state index contributed by atoms with van der Waals surface area (Å²) in [6.45, 7) is 5.40. The lowest BCUT2D eigenvalue weighted by atomic mass is 9.82. The summed E-state index contributed by atoms with van der Waals surface area (Å²) in [5.74, 6) is -0.109. The molecule has 4 N–H and O–H groups in total. The number of ether oxygens (including phenoxy) is 1. The average Bonchev–Trinajstić information content (AvgIpc) is 2.52. The Kier molecular flexibility index (Phi) is 5.02. The number of halogens is 1. The number of benzene rings is 1. The number of hydrogen-bond acceptors (Lipinski definition) is 6. The maximum Gasteiger partial charge on any atom is 0.337 e. The molecular weight excluding hydrogens is 372 g/mol. The highest BCUT2D eigenvalue weighted by Crippen LogP contribution is 2.45. The zero-order valence-electron chi connectivity index (χ0n) is 14.6. The van der Waals surface area contributed by atoms with Gasteiger partial charge < -0.3 is 20.8 Å². The molecule has 8 heteroatoms. The van der Waals surface area contributed by atoms with Crippen molar-refractivity contribution >= 4 is 41.4 Å². The number of nitrogens with two attached hydrogens (primary N) is 1. The summed E-state index contributed by atoms with van der Waals surface area (Å²) in [5, 5.41) is 3.65. The van der Waals surface area contributed by atoms with Gasteiger partial charge in [0.05, 0.1) is 17.6 Å². The first-order valence-corrected chi connectivity index (χ1v) is 8.91. The van der Waals surface area contributed by atoms with E-state index < -0.39 is 11.9 Å². The summed E-state index contributed by atoms with van der Waals surface area (Å²) < 4.78 is 5.72. The quantitative estimate of drug-likeness (QED) is 0.538. The zero-order chi connectivity index (χ0) is 19.0. The van der Waals surface area contributed by atoms with Crippen LogP contribution in [0.3, 0.4) is 0 Å². The smallest absolute Gasteiger partial charge is 0.337 e. The van der Waals surface area contributed by atoms with Gasteiger partial charge in [0.1, 0.15) is 11.6 Å². The molecule has 0 spiro atoms. The van der Waals surface area contributed by atoms with Gasteiger partial charge in [-0.2, -0.15) is 0 Å². The molecule has 1 aromatic carbocycles. The van der Waals surface area contributed by atoms with Gasteiger partial charge in [-0.05, 0) is 44.6 Å². The Bertz CT molecular complexity index is 968. The maximum atomic E-state index is 12.8. The first-order valence-electron chi connectivity index (χ1n) is 8.12. The van der Waals surface area contributed by atoms with E-state index in [4.69, 9.17) is 34.3 Å². The van der Waals surface area contributed by atoms with E-state index >= 15 is 0 Å². The van der Waals surface area contributed by atoms with Crippen LogP contribution in [-0.2, 0) is 9.53 Å². The van der Waals surface area contributed by atoms with Gasteiger partial charge in [-0.1, -0.05) is 29.8 Å². The summed E-state index contributed by atoms with van der Waals surface area (Å²) in [7, 11) is 0. The van der Waals surface area contributed by atoms with E-state index in [-0.39, 0.29) is 10.9 Å². The zero-order valence-corrected chi connectivity index (χ0v) is 16.2. The van der Waals surface area contributed by atoms with E-state index in [1.807, 2.05) is 18.2 Å². The predicted octanol–water partition coefficient (Wildman–Crippen LogP) is 4.16. The van der Waals surface area contributed by atoms with Crippen LogP contribution >= 0.6 is 23.8 Å². The predicted molar refractivity (Wildman–Crippen MR) is 105 cm³/mol. The number of anilines is 2. The number of esters is 1. The van der Waals surface area contributed by atoms with E-state index in [9.17, 15) is 4.79 Å².